The van der Waals surface area contributed by atoms with E-state index in [1.54, 1.807) is 7.11 Å². The molecule has 0 radical (unpaired) electrons. The van der Waals surface area contributed by atoms with Crippen molar-refractivity contribution in [3.8, 4) is 0 Å². The molecule has 0 aromatic carbocycles. The Morgan fingerprint density at radius 3 is 2.68 bits per heavy atom. The van der Waals surface area contributed by atoms with Crippen molar-refractivity contribution in [3.05, 3.63) is 0 Å². The van der Waals surface area contributed by atoms with E-state index < -0.39 is 11.7 Å². The summed E-state index contributed by atoms with van der Waals surface area (Å²) in [4.78, 5) is 2.72. The maximum Gasteiger partial charge on any atom is 0.0771 e. The van der Waals surface area contributed by atoms with Crippen LogP contribution in [0.4, 0.5) is 0 Å². The molecule has 5 nitrogen and oxygen atoms in total. The number of nitrogens with zero attached hydrogens (tertiary/aromatic N) is 1. The summed E-state index contributed by atoms with van der Waals surface area (Å²) < 4.78 is 11.7. The molecule has 11 atom stereocenters. The number of fused-ring (bicyclic) bond motifs is 2. The molecule has 1 saturated heterocycles. The van der Waals surface area contributed by atoms with Crippen molar-refractivity contribution >= 4 is 0 Å². The fourth-order valence-electron chi connectivity index (χ4n) is 10.4. The number of aliphatic hydroxyl groups is 2. The van der Waals surface area contributed by atoms with Gasteiger partial charge in [-0.3, -0.25) is 4.90 Å². The van der Waals surface area contributed by atoms with E-state index in [1.807, 2.05) is 7.11 Å². The summed E-state index contributed by atoms with van der Waals surface area (Å²) in [6.45, 7) is 5.31. The maximum atomic E-state index is 12.2. The van der Waals surface area contributed by atoms with Gasteiger partial charge in [0, 0.05) is 56.4 Å². The molecule has 28 heavy (non-hydrogen) atoms. The van der Waals surface area contributed by atoms with E-state index in [9.17, 15) is 10.2 Å². The number of piperidine rings is 1. The summed E-state index contributed by atoms with van der Waals surface area (Å²) in [7, 11) is 3.63. The van der Waals surface area contributed by atoms with Crippen LogP contribution in [0.15, 0.2) is 0 Å². The monoisotopic (exact) mass is 391 g/mol. The summed E-state index contributed by atoms with van der Waals surface area (Å²) in [5.41, 5.74) is -0.292. The Morgan fingerprint density at radius 2 is 1.96 bits per heavy atom. The summed E-state index contributed by atoms with van der Waals surface area (Å²) >= 11 is 0. The quantitative estimate of drug-likeness (QED) is 0.767. The summed E-state index contributed by atoms with van der Waals surface area (Å²) in [6, 6.07) is 0.473. The van der Waals surface area contributed by atoms with Gasteiger partial charge in [0.15, 0.2) is 0 Å². The number of ether oxygens (including phenoxy) is 2. The highest BCUT2D eigenvalue weighted by molar-refractivity contribution is 5.31. The molecule has 0 unspecified atom stereocenters. The zero-order chi connectivity index (χ0) is 19.5. The second-order valence-electron chi connectivity index (χ2n) is 11.2. The number of likely N-dealkylation sites (tertiary alicyclic amines) is 1. The lowest BCUT2D eigenvalue weighted by atomic mass is 9.44. The van der Waals surface area contributed by atoms with Crippen molar-refractivity contribution in [2.24, 2.45) is 40.4 Å². The molecular weight excluding hydrogens is 354 g/mol. The first-order valence-electron chi connectivity index (χ1n) is 11.6. The molecular formula is C23H37NO4. The van der Waals surface area contributed by atoms with Gasteiger partial charge in [-0.15, -0.1) is 0 Å². The Morgan fingerprint density at radius 1 is 1.14 bits per heavy atom. The normalized spacial score (nSPS) is 61.6. The third kappa shape index (κ3) is 1.80. The van der Waals surface area contributed by atoms with Crippen LogP contribution >= 0.6 is 0 Å². The van der Waals surface area contributed by atoms with Gasteiger partial charge >= 0.3 is 0 Å². The van der Waals surface area contributed by atoms with Crippen molar-refractivity contribution in [1.82, 2.24) is 4.90 Å². The van der Waals surface area contributed by atoms with E-state index in [0.29, 0.717) is 24.3 Å². The van der Waals surface area contributed by atoms with Crippen molar-refractivity contribution in [2.75, 3.05) is 33.9 Å². The van der Waals surface area contributed by atoms with Gasteiger partial charge in [-0.05, 0) is 49.5 Å². The molecule has 1 aliphatic heterocycles. The Balaban J connectivity index is 1.55. The van der Waals surface area contributed by atoms with Crippen LogP contribution in [-0.4, -0.2) is 72.9 Å². The van der Waals surface area contributed by atoms with Crippen LogP contribution in [0, 0.1) is 40.4 Å². The predicted octanol–water partition coefficient (Wildman–Crippen LogP) is 1.91. The molecule has 158 valence electrons. The molecule has 1 heterocycles. The average molecular weight is 392 g/mol. The zero-order valence-corrected chi connectivity index (χ0v) is 17.6. The smallest absolute Gasteiger partial charge is 0.0771 e. The van der Waals surface area contributed by atoms with Gasteiger partial charge in [0.05, 0.1) is 24.4 Å². The lowest BCUT2D eigenvalue weighted by Crippen LogP contribution is -2.73. The van der Waals surface area contributed by atoms with E-state index in [1.165, 1.54) is 19.3 Å². The minimum absolute atomic E-state index is 0.000692. The first kappa shape index (κ1) is 18.6. The van der Waals surface area contributed by atoms with Gasteiger partial charge in [-0.1, -0.05) is 13.3 Å². The van der Waals surface area contributed by atoms with E-state index >= 15 is 0 Å². The summed E-state index contributed by atoms with van der Waals surface area (Å²) in [5, 5.41) is 23.6. The van der Waals surface area contributed by atoms with Crippen molar-refractivity contribution < 1.29 is 19.7 Å². The Bertz CT molecular complexity index is 669. The molecule has 1 spiro atoms. The molecule has 5 heteroatoms. The number of methoxy groups -OCH3 is 2. The molecule has 6 rings (SSSR count). The van der Waals surface area contributed by atoms with E-state index in [4.69, 9.17) is 9.47 Å². The van der Waals surface area contributed by atoms with Crippen molar-refractivity contribution in [2.45, 2.75) is 69.3 Å². The SMILES string of the molecule is CCN1C[C@]2(COC)CCC[C@@]34[C@@H]5C[C@H]6[C@H](O)[C@@H]5[C@](O)(C[C@@H]6OC)[C@@H](C[C@H]23)[C@@H]14. The van der Waals surface area contributed by atoms with Gasteiger partial charge in [-0.2, -0.15) is 0 Å². The van der Waals surface area contributed by atoms with E-state index in [2.05, 4.69) is 11.8 Å². The number of hydrogen-bond acceptors (Lipinski definition) is 5. The second kappa shape index (κ2) is 5.73. The van der Waals surface area contributed by atoms with Crippen molar-refractivity contribution in [3.63, 3.8) is 0 Å². The highest BCUT2D eigenvalue weighted by atomic mass is 16.5. The Labute approximate surface area is 168 Å². The van der Waals surface area contributed by atoms with Crippen LogP contribution in [-0.2, 0) is 9.47 Å². The van der Waals surface area contributed by atoms with Crippen LogP contribution in [0.25, 0.3) is 0 Å². The second-order valence-corrected chi connectivity index (χ2v) is 11.2. The minimum atomic E-state index is -0.776. The molecule has 6 aliphatic rings. The highest BCUT2D eigenvalue weighted by Crippen LogP contribution is 2.78. The van der Waals surface area contributed by atoms with E-state index in [-0.39, 0.29) is 34.7 Å². The molecule has 5 saturated carbocycles. The zero-order valence-electron chi connectivity index (χ0n) is 17.6. The van der Waals surface area contributed by atoms with Crippen LogP contribution < -0.4 is 0 Å². The Hall–Kier alpha value is -0.200. The van der Waals surface area contributed by atoms with Crippen LogP contribution in [0.5, 0.6) is 0 Å². The molecule has 6 fully saturated rings. The fourth-order valence-corrected chi connectivity index (χ4v) is 10.4. The lowest BCUT2D eigenvalue weighted by Gasteiger charge is -2.67. The topological polar surface area (TPSA) is 62.2 Å². The predicted molar refractivity (Wildman–Crippen MR) is 105 cm³/mol. The molecule has 0 aromatic rings. The Kier molecular flexibility index (Phi) is 3.80. The highest BCUT2D eigenvalue weighted by Gasteiger charge is 2.81. The molecule has 0 amide bonds. The molecule has 0 aromatic heterocycles. The lowest BCUT2D eigenvalue weighted by molar-refractivity contribution is -0.247. The minimum Gasteiger partial charge on any atom is -0.392 e. The van der Waals surface area contributed by atoms with Crippen LogP contribution in [0.3, 0.4) is 0 Å². The van der Waals surface area contributed by atoms with Gasteiger partial charge in [0.1, 0.15) is 0 Å². The summed E-state index contributed by atoms with van der Waals surface area (Å²) in [5.74, 6) is 1.58. The fraction of sp³-hybridized carbons (Fsp3) is 1.00. The number of rotatable bonds is 4. The third-order valence-corrected chi connectivity index (χ3v) is 10.8. The van der Waals surface area contributed by atoms with E-state index in [0.717, 1.165) is 32.5 Å². The number of aliphatic hydroxyl groups excluding tert-OH is 1. The van der Waals surface area contributed by atoms with Crippen molar-refractivity contribution in [1.29, 1.82) is 0 Å². The third-order valence-electron chi connectivity index (χ3n) is 10.8. The maximum absolute atomic E-state index is 12.2. The molecule has 7 bridgehead atoms. The number of hydrogen-bond donors (Lipinski definition) is 2. The van der Waals surface area contributed by atoms with Crippen LogP contribution in [0.1, 0.15) is 45.4 Å². The van der Waals surface area contributed by atoms with Gasteiger partial charge < -0.3 is 19.7 Å². The largest absolute Gasteiger partial charge is 0.392 e. The van der Waals surface area contributed by atoms with Crippen LogP contribution in [0.2, 0.25) is 0 Å². The average Bonchev–Trinajstić information content (AvgIpc) is 3.08. The standard InChI is InChI=1S/C23H37NO4/c1-4-24-11-21(12-27-2)6-5-7-22-14-8-13-16(28-3)10-23(26,18(14)19(13)25)15(20(22)24)9-17(21)22/h13-20,25-26H,4-12H2,1-3H3/t13-,14-,15+,16+,17-,18-,19+,20-,21+,22-,23+/m1/s1. The van der Waals surface area contributed by atoms with Gasteiger partial charge in [0.2, 0.25) is 0 Å². The molecule has 5 aliphatic carbocycles. The summed E-state index contributed by atoms with van der Waals surface area (Å²) in [6.07, 6.45) is 6.26. The first-order valence-corrected chi connectivity index (χ1v) is 11.6. The molecule has 2 N–H and O–H groups in total. The van der Waals surface area contributed by atoms with Gasteiger partial charge in [0.25, 0.3) is 0 Å². The first-order chi connectivity index (χ1) is 13.5. The van der Waals surface area contributed by atoms with Gasteiger partial charge in [-0.25, -0.2) is 0 Å².